The molecule has 2 saturated carbocycles. The van der Waals surface area contributed by atoms with Gasteiger partial charge in [0.05, 0.1) is 22.3 Å². The molecule has 0 radical (unpaired) electrons. The van der Waals surface area contributed by atoms with Gasteiger partial charge in [0.25, 0.3) is 0 Å². The standard InChI is InChI=1S/C28H35ClFN3O2/c29-22-13-7-8-14-25(22)35-18-28(32-23-16-15-20(30)17-24(23)33-28)26(19-9-3-1-4-10-19)27(34)31-21-11-5-2-6-12-21/h7-8,13-17,19,21,26,32-33H,1-6,9-12,18H2,(H,31,34). The maximum atomic E-state index is 14.1. The third kappa shape index (κ3) is 5.37. The third-order valence-corrected chi connectivity index (χ3v) is 8.19. The molecule has 1 amide bonds. The Morgan fingerprint density at radius 1 is 1.00 bits per heavy atom. The lowest BCUT2D eigenvalue weighted by atomic mass is 9.73. The molecule has 3 aliphatic rings. The minimum absolute atomic E-state index is 0.0554. The predicted molar refractivity (Wildman–Crippen MR) is 138 cm³/mol. The fraction of sp³-hybridized carbons (Fsp3) is 0.536. The lowest BCUT2D eigenvalue weighted by molar-refractivity contribution is -0.130. The Kier molecular flexibility index (Phi) is 7.37. The van der Waals surface area contributed by atoms with E-state index in [4.69, 9.17) is 16.3 Å². The Labute approximate surface area is 212 Å². The molecule has 188 valence electrons. The molecule has 2 fully saturated rings. The summed E-state index contributed by atoms with van der Waals surface area (Å²) in [5.41, 5.74) is 0.509. The SMILES string of the molecule is O=C(NC1CCCCC1)C(C1CCCCC1)C1(COc2ccccc2Cl)Nc2ccc(F)cc2N1. The molecule has 35 heavy (non-hydrogen) atoms. The second-order valence-corrected chi connectivity index (χ2v) is 10.8. The van der Waals surface area contributed by atoms with E-state index in [1.165, 1.54) is 25.0 Å². The van der Waals surface area contributed by atoms with Gasteiger partial charge in [-0.05, 0) is 61.9 Å². The summed E-state index contributed by atoms with van der Waals surface area (Å²) in [6.45, 7) is 0.173. The number of hydrogen-bond donors (Lipinski definition) is 3. The van der Waals surface area contributed by atoms with Gasteiger partial charge in [-0.15, -0.1) is 0 Å². The van der Waals surface area contributed by atoms with Crippen molar-refractivity contribution in [3.8, 4) is 5.75 Å². The minimum Gasteiger partial charge on any atom is -0.488 e. The monoisotopic (exact) mass is 499 g/mol. The highest BCUT2D eigenvalue weighted by Gasteiger charge is 2.51. The van der Waals surface area contributed by atoms with Crippen molar-refractivity contribution in [1.82, 2.24) is 5.32 Å². The molecule has 2 unspecified atom stereocenters. The number of fused-ring (bicyclic) bond motifs is 1. The van der Waals surface area contributed by atoms with E-state index in [0.717, 1.165) is 57.1 Å². The predicted octanol–water partition coefficient (Wildman–Crippen LogP) is 6.74. The topological polar surface area (TPSA) is 62.4 Å². The Balaban J connectivity index is 1.48. The van der Waals surface area contributed by atoms with Crippen LogP contribution in [0.1, 0.15) is 64.2 Å². The van der Waals surface area contributed by atoms with E-state index < -0.39 is 5.66 Å². The molecule has 5 nitrogen and oxygen atoms in total. The Morgan fingerprint density at radius 2 is 1.69 bits per heavy atom. The summed E-state index contributed by atoms with van der Waals surface area (Å²) in [5.74, 6) is 0.111. The zero-order chi connectivity index (χ0) is 24.3. The van der Waals surface area contributed by atoms with Gasteiger partial charge in [0, 0.05) is 6.04 Å². The number of benzene rings is 2. The zero-order valence-electron chi connectivity index (χ0n) is 20.1. The van der Waals surface area contributed by atoms with E-state index >= 15 is 0 Å². The van der Waals surface area contributed by atoms with Crippen molar-refractivity contribution in [3.63, 3.8) is 0 Å². The van der Waals surface area contributed by atoms with E-state index in [0.29, 0.717) is 16.5 Å². The van der Waals surface area contributed by atoms with Crippen LogP contribution in [-0.2, 0) is 4.79 Å². The number of halogens is 2. The average molecular weight is 500 g/mol. The number of para-hydroxylation sites is 1. The van der Waals surface area contributed by atoms with Gasteiger partial charge in [0.1, 0.15) is 18.2 Å². The molecule has 0 aromatic heterocycles. The first kappa shape index (κ1) is 24.2. The molecule has 0 saturated heterocycles. The van der Waals surface area contributed by atoms with Crippen molar-refractivity contribution in [2.24, 2.45) is 11.8 Å². The number of amides is 1. The summed E-state index contributed by atoms with van der Waals surface area (Å²) >= 11 is 6.39. The molecule has 0 spiro atoms. The van der Waals surface area contributed by atoms with Crippen LogP contribution in [0.2, 0.25) is 5.02 Å². The second-order valence-electron chi connectivity index (χ2n) is 10.3. The minimum atomic E-state index is -0.921. The number of anilines is 2. The summed E-state index contributed by atoms with van der Waals surface area (Å²) in [6.07, 6.45) is 11.0. The molecule has 0 bridgehead atoms. The van der Waals surface area contributed by atoms with E-state index in [1.54, 1.807) is 12.1 Å². The molecule has 1 heterocycles. The van der Waals surface area contributed by atoms with Crippen molar-refractivity contribution in [1.29, 1.82) is 0 Å². The number of ether oxygens (including phenoxy) is 1. The molecule has 2 aromatic rings. The number of carbonyl (C=O) groups is 1. The van der Waals surface area contributed by atoms with Crippen molar-refractivity contribution in [3.05, 3.63) is 53.3 Å². The van der Waals surface area contributed by atoms with Crippen LogP contribution < -0.4 is 20.7 Å². The van der Waals surface area contributed by atoms with Gasteiger partial charge in [-0.1, -0.05) is 62.3 Å². The molecule has 2 aliphatic carbocycles. The molecule has 3 N–H and O–H groups in total. The number of carbonyl (C=O) groups excluding carboxylic acids is 1. The molecule has 2 aromatic carbocycles. The Morgan fingerprint density at radius 3 is 2.43 bits per heavy atom. The van der Waals surface area contributed by atoms with Crippen LogP contribution in [0.3, 0.4) is 0 Å². The van der Waals surface area contributed by atoms with Crippen molar-refractivity contribution < 1.29 is 13.9 Å². The lowest BCUT2D eigenvalue weighted by Gasteiger charge is -2.43. The van der Waals surface area contributed by atoms with E-state index in [-0.39, 0.29) is 36.2 Å². The number of rotatable bonds is 7. The first-order valence-corrected chi connectivity index (χ1v) is 13.5. The van der Waals surface area contributed by atoms with Gasteiger partial charge < -0.3 is 20.7 Å². The Hall–Kier alpha value is -2.47. The maximum Gasteiger partial charge on any atom is 0.228 e. The Bertz CT molecular complexity index is 1040. The summed E-state index contributed by atoms with van der Waals surface area (Å²) in [5, 5.41) is 11.0. The van der Waals surface area contributed by atoms with Crippen LogP contribution in [0.5, 0.6) is 5.75 Å². The van der Waals surface area contributed by atoms with Crippen molar-refractivity contribution in [2.45, 2.75) is 75.9 Å². The maximum absolute atomic E-state index is 14.1. The third-order valence-electron chi connectivity index (χ3n) is 7.88. The molecule has 2 atom stereocenters. The van der Waals surface area contributed by atoms with Gasteiger partial charge in [0.15, 0.2) is 5.66 Å². The van der Waals surface area contributed by atoms with Gasteiger partial charge >= 0.3 is 0 Å². The van der Waals surface area contributed by atoms with Gasteiger partial charge in [0.2, 0.25) is 5.91 Å². The summed E-state index contributed by atoms with van der Waals surface area (Å²) in [6, 6.07) is 12.2. The largest absolute Gasteiger partial charge is 0.488 e. The number of hydrogen-bond acceptors (Lipinski definition) is 4. The van der Waals surface area contributed by atoms with Crippen LogP contribution in [-0.4, -0.2) is 24.2 Å². The summed E-state index contributed by atoms with van der Waals surface area (Å²) in [7, 11) is 0. The average Bonchev–Trinajstić information content (AvgIpc) is 3.23. The van der Waals surface area contributed by atoms with Gasteiger partial charge in [-0.2, -0.15) is 0 Å². The van der Waals surface area contributed by atoms with Crippen LogP contribution in [0.4, 0.5) is 15.8 Å². The van der Waals surface area contributed by atoms with Crippen LogP contribution in [0.25, 0.3) is 0 Å². The summed E-state index contributed by atoms with van der Waals surface area (Å²) < 4.78 is 20.4. The highest BCUT2D eigenvalue weighted by Crippen LogP contribution is 2.44. The molecular weight excluding hydrogens is 465 g/mol. The van der Waals surface area contributed by atoms with Crippen molar-refractivity contribution in [2.75, 3.05) is 17.2 Å². The van der Waals surface area contributed by atoms with E-state index in [1.807, 2.05) is 18.2 Å². The molecule has 1 aliphatic heterocycles. The highest BCUT2D eigenvalue weighted by molar-refractivity contribution is 6.32. The van der Waals surface area contributed by atoms with E-state index in [2.05, 4.69) is 16.0 Å². The van der Waals surface area contributed by atoms with Gasteiger partial charge in [-0.25, -0.2) is 4.39 Å². The highest BCUT2D eigenvalue weighted by atomic mass is 35.5. The molecule has 7 heteroatoms. The number of nitrogens with one attached hydrogen (secondary N) is 3. The zero-order valence-corrected chi connectivity index (χ0v) is 20.9. The second kappa shape index (κ2) is 10.7. The van der Waals surface area contributed by atoms with Crippen LogP contribution >= 0.6 is 11.6 Å². The van der Waals surface area contributed by atoms with Crippen LogP contribution in [0, 0.1) is 17.7 Å². The lowest BCUT2D eigenvalue weighted by Crippen LogP contribution is -2.61. The van der Waals surface area contributed by atoms with E-state index in [9.17, 15) is 9.18 Å². The quantitative estimate of drug-likeness (QED) is 0.395. The van der Waals surface area contributed by atoms with Crippen molar-refractivity contribution >= 4 is 28.9 Å². The fourth-order valence-corrected chi connectivity index (χ4v) is 6.35. The fourth-order valence-electron chi connectivity index (χ4n) is 6.16. The smallest absolute Gasteiger partial charge is 0.228 e. The van der Waals surface area contributed by atoms with Crippen LogP contribution in [0.15, 0.2) is 42.5 Å². The first-order chi connectivity index (χ1) is 17.0. The summed E-state index contributed by atoms with van der Waals surface area (Å²) in [4.78, 5) is 14.1. The normalized spacial score (nSPS) is 23.6. The molecule has 5 rings (SSSR count). The molecular formula is C28H35ClFN3O2. The first-order valence-electron chi connectivity index (χ1n) is 13.1. The van der Waals surface area contributed by atoms with Gasteiger partial charge in [-0.3, -0.25) is 4.79 Å².